The van der Waals surface area contributed by atoms with Crippen LogP contribution in [0.4, 0.5) is 0 Å². The number of nitrogens with zero attached hydrogens (tertiary/aromatic N) is 1. The molecule has 6 aromatic rings. The van der Waals surface area contributed by atoms with E-state index in [9.17, 15) is 0 Å². The van der Waals surface area contributed by atoms with Gasteiger partial charge in [-0.25, -0.2) is 0 Å². The maximum atomic E-state index is 4.71. The summed E-state index contributed by atoms with van der Waals surface area (Å²) in [4.78, 5) is 4.71. The maximum absolute atomic E-state index is 4.71. The monoisotopic (exact) mass is 553 g/mol. The summed E-state index contributed by atoms with van der Waals surface area (Å²) in [6.07, 6.45) is 1.89. The molecule has 208 valence electrons. The highest BCUT2D eigenvalue weighted by atomic mass is 14.7. The molecule has 1 aromatic heterocycles. The Morgan fingerprint density at radius 2 is 0.884 bits per heavy atom. The fraction of sp³-hybridized carbons (Fsp3) is 0.167. The van der Waals surface area contributed by atoms with Crippen LogP contribution in [0.25, 0.3) is 44.6 Å². The minimum Gasteiger partial charge on any atom is -0.256 e. The van der Waals surface area contributed by atoms with Crippen molar-refractivity contribution in [2.45, 2.75) is 43.9 Å². The molecule has 0 radical (unpaired) electrons. The second kappa shape index (κ2) is 9.12. The van der Waals surface area contributed by atoms with E-state index in [1.54, 1.807) is 0 Å². The zero-order valence-corrected chi connectivity index (χ0v) is 25.2. The lowest BCUT2D eigenvalue weighted by atomic mass is 9.52. The normalized spacial score (nSPS) is 16.5. The molecule has 8 rings (SSSR count). The third-order valence-corrected chi connectivity index (χ3v) is 10.6. The summed E-state index contributed by atoms with van der Waals surface area (Å²) >= 11 is 0. The van der Waals surface area contributed by atoms with Crippen molar-refractivity contribution < 1.29 is 0 Å². The molecule has 43 heavy (non-hydrogen) atoms. The Morgan fingerprint density at radius 3 is 1.42 bits per heavy atom. The van der Waals surface area contributed by atoms with Crippen molar-refractivity contribution in [3.8, 4) is 44.6 Å². The van der Waals surface area contributed by atoms with Crippen molar-refractivity contribution in [3.05, 3.63) is 162 Å². The molecule has 1 spiro atoms. The minimum absolute atomic E-state index is 0.181. The van der Waals surface area contributed by atoms with Gasteiger partial charge in [-0.1, -0.05) is 131 Å². The quantitative estimate of drug-likeness (QED) is 0.212. The van der Waals surface area contributed by atoms with E-state index in [2.05, 4.69) is 155 Å². The Morgan fingerprint density at radius 1 is 0.395 bits per heavy atom. The van der Waals surface area contributed by atoms with Gasteiger partial charge in [0.25, 0.3) is 0 Å². The second-order valence-electron chi connectivity index (χ2n) is 13.2. The second-order valence-corrected chi connectivity index (χ2v) is 13.2. The van der Waals surface area contributed by atoms with Crippen LogP contribution in [0.3, 0.4) is 0 Å². The van der Waals surface area contributed by atoms with Crippen LogP contribution in [0.5, 0.6) is 0 Å². The van der Waals surface area contributed by atoms with Crippen LogP contribution >= 0.6 is 0 Å². The molecule has 0 fully saturated rings. The van der Waals surface area contributed by atoms with Crippen molar-refractivity contribution >= 4 is 0 Å². The first-order valence-electron chi connectivity index (χ1n) is 15.3. The van der Waals surface area contributed by atoms with Crippen LogP contribution in [0.2, 0.25) is 0 Å². The highest BCUT2D eigenvalue weighted by Crippen LogP contribution is 2.71. The van der Waals surface area contributed by atoms with Crippen molar-refractivity contribution in [1.82, 2.24) is 4.98 Å². The van der Waals surface area contributed by atoms with Crippen LogP contribution in [0, 0.1) is 0 Å². The Hall–Kier alpha value is -4.75. The van der Waals surface area contributed by atoms with Gasteiger partial charge in [0.15, 0.2) is 0 Å². The molecule has 1 heteroatoms. The van der Waals surface area contributed by atoms with E-state index in [-0.39, 0.29) is 16.2 Å². The lowest BCUT2D eigenvalue weighted by Crippen LogP contribution is -2.51. The topological polar surface area (TPSA) is 12.9 Å². The summed E-state index contributed by atoms with van der Waals surface area (Å²) < 4.78 is 0. The Bertz CT molecular complexity index is 1910. The van der Waals surface area contributed by atoms with Crippen LogP contribution in [0.15, 0.2) is 140 Å². The van der Waals surface area contributed by atoms with Gasteiger partial charge in [-0.05, 0) is 86.0 Å². The van der Waals surface area contributed by atoms with E-state index in [0.29, 0.717) is 0 Å². The maximum Gasteiger partial charge on any atom is 0.0702 e. The molecule has 1 heterocycles. The Labute approximate surface area is 254 Å². The Kier molecular flexibility index (Phi) is 5.50. The van der Waals surface area contributed by atoms with Crippen molar-refractivity contribution in [1.29, 1.82) is 0 Å². The number of pyridine rings is 1. The highest BCUT2D eigenvalue weighted by Gasteiger charge is 2.67. The average molecular weight is 554 g/mol. The van der Waals surface area contributed by atoms with Gasteiger partial charge in [0.2, 0.25) is 0 Å². The van der Waals surface area contributed by atoms with Crippen LogP contribution in [-0.2, 0) is 16.2 Å². The first kappa shape index (κ1) is 25.9. The lowest BCUT2D eigenvalue weighted by molar-refractivity contribution is 0.232. The molecule has 0 bridgehead atoms. The Balaban J connectivity index is 1.44. The minimum atomic E-state index is -0.286. The summed E-state index contributed by atoms with van der Waals surface area (Å²) in [7, 11) is 0. The molecule has 0 saturated heterocycles. The van der Waals surface area contributed by atoms with E-state index < -0.39 is 0 Å². The van der Waals surface area contributed by atoms with E-state index in [1.165, 1.54) is 61.2 Å². The number of hydrogen-bond donors (Lipinski definition) is 0. The number of aromatic nitrogens is 1. The molecule has 0 atom stereocenters. The van der Waals surface area contributed by atoms with E-state index in [4.69, 9.17) is 4.98 Å². The molecule has 0 amide bonds. The third-order valence-electron chi connectivity index (χ3n) is 10.6. The predicted octanol–water partition coefficient (Wildman–Crippen LogP) is 10.6. The van der Waals surface area contributed by atoms with Gasteiger partial charge in [-0.15, -0.1) is 0 Å². The molecule has 1 nitrogen and oxygen atoms in total. The molecular formula is C42H35N. The van der Waals surface area contributed by atoms with E-state index in [0.717, 1.165) is 5.69 Å². The summed E-state index contributed by atoms with van der Waals surface area (Å²) in [5.41, 5.74) is 15.0. The molecule has 5 aromatic carbocycles. The largest absolute Gasteiger partial charge is 0.256 e. The van der Waals surface area contributed by atoms with Crippen molar-refractivity contribution in [2.75, 3.05) is 0 Å². The number of hydrogen-bond acceptors (Lipinski definition) is 1. The fourth-order valence-electron chi connectivity index (χ4n) is 8.78. The number of rotatable bonds is 3. The summed E-state index contributed by atoms with van der Waals surface area (Å²) in [6.45, 7) is 9.91. The first-order valence-corrected chi connectivity index (χ1v) is 15.3. The zero-order chi connectivity index (χ0) is 29.4. The molecule has 0 N–H and O–H groups in total. The van der Waals surface area contributed by atoms with Gasteiger partial charge >= 0.3 is 0 Å². The number of fused-ring (bicyclic) bond motifs is 6. The molecule has 0 aliphatic heterocycles. The molecular weight excluding hydrogens is 518 g/mol. The summed E-state index contributed by atoms with van der Waals surface area (Å²) in [6, 6.07) is 49.3. The van der Waals surface area contributed by atoms with Gasteiger partial charge in [0, 0.05) is 28.0 Å². The van der Waals surface area contributed by atoms with Crippen molar-refractivity contribution in [3.63, 3.8) is 0 Å². The smallest absolute Gasteiger partial charge is 0.0702 e. The zero-order valence-electron chi connectivity index (χ0n) is 25.2. The molecule has 2 aliphatic carbocycles. The first-order chi connectivity index (χ1) is 20.8. The summed E-state index contributed by atoms with van der Waals surface area (Å²) in [5.74, 6) is 0. The van der Waals surface area contributed by atoms with Crippen LogP contribution < -0.4 is 0 Å². The van der Waals surface area contributed by atoms with Gasteiger partial charge in [0.1, 0.15) is 0 Å². The number of benzene rings is 5. The molecule has 0 saturated carbocycles. The van der Waals surface area contributed by atoms with Crippen molar-refractivity contribution in [2.24, 2.45) is 0 Å². The van der Waals surface area contributed by atoms with E-state index >= 15 is 0 Å². The van der Waals surface area contributed by atoms with Gasteiger partial charge in [-0.3, -0.25) is 4.98 Å². The predicted molar refractivity (Wildman–Crippen MR) is 179 cm³/mol. The fourth-order valence-corrected chi connectivity index (χ4v) is 8.78. The van der Waals surface area contributed by atoms with Gasteiger partial charge < -0.3 is 0 Å². The highest BCUT2D eigenvalue weighted by molar-refractivity contribution is 5.89. The van der Waals surface area contributed by atoms with E-state index in [1.807, 2.05) is 12.3 Å². The molecule has 2 aliphatic rings. The standard InChI is InChI=1S/C42H35N/c1-40(2)35-23-20-32(39-17-11-12-24-43-39)27-38(35)41(3,4)42(40)36-25-30(28-13-7-5-8-14-28)18-21-33(36)34-22-19-31(26-37(34)42)29-15-9-6-10-16-29/h5-27H,1-4H3. The third kappa shape index (κ3) is 3.42. The van der Waals surface area contributed by atoms with Gasteiger partial charge in [0.05, 0.1) is 5.69 Å². The van der Waals surface area contributed by atoms with Gasteiger partial charge in [-0.2, -0.15) is 0 Å². The average Bonchev–Trinajstić information content (AvgIpc) is 3.43. The summed E-state index contributed by atoms with van der Waals surface area (Å²) in [5, 5.41) is 0. The lowest BCUT2D eigenvalue weighted by Gasteiger charge is -2.49. The molecule has 0 unspecified atom stereocenters. The van der Waals surface area contributed by atoms with Crippen LogP contribution in [0.1, 0.15) is 49.9 Å². The van der Waals surface area contributed by atoms with Crippen LogP contribution in [-0.4, -0.2) is 4.98 Å². The SMILES string of the molecule is CC1(C)c2ccc(-c3ccccn3)cc2C(C)(C)C12c1cc(-c3ccccc3)ccc1-c1ccc(-c3ccccc3)cc12.